The van der Waals surface area contributed by atoms with Crippen LogP contribution in [0.1, 0.15) is 27.7 Å². The van der Waals surface area contributed by atoms with Crippen molar-refractivity contribution in [2.45, 2.75) is 33.7 Å². The fraction of sp³-hybridized carbons (Fsp3) is 1.00. The van der Waals surface area contributed by atoms with Gasteiger partial charge in [-0.1, -0.05) is 13.8 Å². The Kier molecular flexibility index (Phi) is 9.06. The molecule has 0 aliphatic heterocycles. The highest BCUT2D eigenvalue weighted by Crippen LogP contribution is 2.03. The van der Waals surface area contributed by atoms with Crippen LogP contribution in [-0.4, -0.2) is 50.8 Å². The largest absolute Gasteiger partial charge is 0.383 e. The fourth-order valence-electron chi connectivity index (χ4n) is 1.62. The molecule has 0 aromatic heterocycles. The monoisotopic (exact) mass is 216 g/mol. The third-order valence-corrected chi connectivity index (χ3v) is 2.60. The molecular weight excluding hydrogens is 188 g/mol. The Hall–Kier alpha value is -0.120. The van der Waals surface area contributed by atoms with Crippen LogP contribution in [0.2, 0.25) is 0 Å². The van der Waals surface area contributed by atoms with Gasteiger partial charge in [0.25, 0.3) is 0 Å². The summed E-state index contributed by atoms with van der Waals surface area (Å²) in [5.74, 6) is 0.698. The van der Waals surface area contributed by atoms with Gasteiger partial charge in [0.1, 0.15) is 0 Å². The zero-order chi connectivity index (χ0) is 11.7. The average molecular weight is 216 g/mol. The van der Waals surface area contributed by atoms with Crippen LogP contribution >= 0.6 is 0 Å². The Morgan fingerprint density at radius 1 is 1.27 bits per heavy atom. The lowest BCUT2D eigenvalue weighted by Crippen LogP contribution is -2.39. The van der Waals surface area contributed by atoms with Crippen LogP contribution in [0.25, 0.3) is 0 Å². The van der Waals surface area contributed by atoms with Crippen molar-refractivity contribution in [2.75, 3.05) is 39.9 Å². The Labute approximate surface area is 95.2 Å². The number of hydrogen-bond donors (Lipinski definition) is 1. The molecule has 0 amide bonds. The zero-order valence-electron chi connectivity index (χ0n) is 11.0. The van der Waals surface area contributed by atoms with Gasteiger partial charge >= 0.3 is 0 Å². The normalized spacial score (nSPS) is 13.8. The van der Waals surface area contributed by atoms with Crippen LogP contribution in [0, 0.1) is 5.92 Å². The highest BCUT2D eigenvalue weighted by molar-refractivity contribution is 4.67. The molecule has 0 bridgehead atoms. The lowest BCUT2D eigenvalue weighted by Gasteiger charge is -2.29. The van der Waals surface area contributed by atoms with Crippen molar-refractivity contribution in [3.63, 3.8) is 0 Å². The molecule has 0 heterocycles. The quantitative estimate of drug-likeness (QED) is 0.633. The van der Waals surface area contributed by atoms with Crippen molar-refractivity contribution in [3.05, 3.63) is 0 Å². The summed E-state index contributed by atoms with van der Waals surface area (Å²) in [4.78, 5) is 2.48. The Bertz CT molecular complexity index is 140. The van der Waals surface area contributed by atoms with E-state index in [1.807, 2.05) is 0 Å². The van der Waals surface area contributed by atoms with E-state index >= 15 is 0 Å². The van der Waals surface area contributed by atoms with Crippen LogP contribution in [0.15, 0.2) is 0 Å². The summed E-state index contributed by atoms with van der Waals surface area (Å²) in [7, 11) is 1.76. The summed E-state index contributed by atoms with van der Waals surface area (Å²) in [6, 6.07) is 0.601. The van der Waals surface area contributed by atoms with Gasteiger partial charge in [0.15, 0.2) is 0 Å². The van der Waals surface area contributed by atoms with E-state index in [-0.39, 0.29) is 0 Å². The molecule has 3 heteroatoms. The van der Waals surface area contributed by atoms with Crippen LogP contribution in [-0.2, 0) is 4.74 Å². The predicted octanol–water partition coefficient (Wildman–Crippen LogP) is 1.59. The minimum atomic E-state index is 0.601. The highest BCUT2D eigenvalue weighted by Gasteiger charge is 2.12. The number of methoxy groups -OCH3 is 1. The molecule has 0 saturated heterocycles. The maximum Gasteiger partial charge on any atom is 0.0589 e. The minimum absolute atomic E-state index is 0.601. The van der Waals surface area contributed by atoms with Gasteiger partial charge in [0, 0.05) is 26.2 Å². The summed E-state index contributed by atoms with van der Waals surface area (Å²) in [6.45, 7) is 14.1. The van der Waals surface area contributed by atoms with E-state index in [4.69, 9.17) is 4.74 Å². The highest BCUT2D eigenvalue weighted by atomic mass is 16.5. The Morgan fingerprint density at radius 3 is 2.40 bits per heavy atom. The third-order valence-electron chi connectivity index (χ3n) is 2.60. The molecule has 0 fully saturated rings. The first-order chi connectivity index (χ1) is 7.11. The Morgan fingerprint density at radius 2 is 1.93 bits per heavy atom. The molecule has 0 aliphatic rings. The van der Waals surface area contributed by atoms with E-state index in [1.54, 1.807) is 7.11 Å². The molecule has 1 N–H and O–H groups in total. The van der Waals surface area contributed by atoms with Gasteiger partial charge in [-0.05, 0) is 32.9 Å². The average Bonchev–Trinajstić information content (AvgIpc) is 2.20. The molecule has 0 spiro atoms. The van der Waals surface area contributed by atoms with Gasteiger partial charge in [0.05, 0.1) is 6.61 Å². The molecule has 1 unspecified atom stereocenters. The fourth-order valence-corrected chi connectivity index (χ4v) is 1.62. The maximum atomic E-state index is 5.13. The second-order valence-corrected chi connectivity index (χ2v) is 4.49. The maximum absolute atomic E-state index is 5.13. The molecule has 1 atom stereocenters. The van der Waals surface area contributed by atoms with Gasteiger partial charge in [-0.15, -0.1) is 0 Å². The molecule has 0 aromatic carbocycles. The number of rotatable bonds is 9. The Balaban J connectivity index is 3.81. The lowest BCUT2D eigenvalue weighted by molar-refractivity contribution is 0.118. The summed E-state index contributed by atoms with van der Waals surface area (Å²) < 4.78 is 5.13. The second kappa shape index (κ2) is 9.13. The molecule has 0 saturated carbocycles. The molecule has 0 rings (SSSR count). The molecule has 0 aliphatic carbocycles. The first-order valence-electron chi connectivity index (χ1n) is 6.05. The smallest absolute Gasteiger partial charge is 0.0589 e. The van der Waals surface area contributed by atoms with Crippen molar-refractivity contribution >= 4 is 0 Å². The summed E-state index contributed by atoms with van der Waals surface area (Å²) in [6.07, 6.45) is 0. The van der Waals surface area contributed by atoms with Crippen molar-refractivity contribution in [1.82, 2.24) is 10.2 Å². The molecule has 0 aromatic rings. The van der Waals surface area contributed by atoms with Gasteiger partial charge in [-0.3, -0.25) is 4.90 Å². The van der Waals surface area contributed by atoms with Crippen molar-refractivity contribution in [3.8, 4) is 0 Å². The van der Waals surface area contributed by atoms with Crippen LogP contribution in [0.5, 0.6) is 0 Å². The molecule has 0 radical (unpaired) electrons. The summed E-state index contributed by atoms with van der Waals surface area (Å²) >= 11 is 0. The van der Waals surface area contributed by atoms with Gasteiger partial charge in [0.2, 0.25) is 0 Å². The third kappa shape index (κ3) is 7.77. The van der Waals surface area contributed by atoms with Gasteiger partial charge in [-0.25, -0.2) is 0 Å². The topological polar surface area (TPSA) is 24.5 Å². The van der Waals surface area contributed by atoms with E-state index in [0.717, 1.165) is 32.8 Å². The SMILES string of the molecule is CCNCC(C)CN(CCOC)C(C)C. The number of ether oxygens (including phenoxy) is 1. The zero-order valence-corrected chi connectivity index (χ0v) is 11.0. The molecule has 92 valence electrons. The van der Waals surface area contributed by atoms with Crippen molar-refractivity contribution in [1.29, 1.82) is 0 Å². The van der Waals surface area contributed by atoms with Crippen molar-refractivity contribution in [2.24, 2.45) is 5.92 Å². The van der Waals surface area contributed by atoms with E-state index in [1.165, 1.54) is 0 Å². The summed E-state index contributed by atoms with van der Waals surface area (Å²) in [5.41, 5.74) is 0. The van der Waals surface area contributed by atoms with E-state index in [9.17, 15) is 0 Å². The van der Waals surface area contributed by atoms with Crippen LogP contribution in [0.3, 0.4) is 0 Å². The number of hydrogen-bond acceptors (Lipinski definition) is 3. The number of nitrogens with zero attached hydrogens (tertiary/aromatic N) is 1. The van der Waals surface area contributed by atoms with Crippen LogP contribution in [0.4, 0.5) is 0 Å². The van der Waals surface area contributed by atoms with E-state index < -0.39 is 0 Å². The standard InChI is InChI=1S/C12H28N2O/c1-6-13-9-12(4)10-14(11(2)3)7-8-15-5/h11-13H,6-10H2,1-5H3. The van der Waals surface area contributed by atoms with Gasteiger partial charge < -0.3 is 10.1 Å². The van der Waals surface area contributed by atoms with E-state index in [0.29, 0.717) is 12.0 Å². The summed E-state index contributed by atoms with van der Waals surface area (Å²) in [5, 5.41) is 3.39. The predicted molar refractivity (Wildman–Crippen MR) is 66.3 cm³/mol. The van der Waals surface area contributed by atoms with E-state index in [2.05, 4.69) is 37.9 Å². The minimum Gasteiger partial charge on any atom is -0.383 e. The molecule has 15 heavy (non-hydrogen) atoms. The van der Waals surface area contributed by atoms with Crippen LogP contribution < -0.4 is 5.32 Å². The molecule has 3 nitrogen and oxygen atoms in total. The van der Waals surface area contributed by atoms with Gasteiger partial charge in [-0.2, -0.15) is 0 Å². The lowest BCUT2D eigenvalue weighted by atomic mass is 10.1. The molecular formula is C12H28N2O. The number of nitrogens with one attached hydrogen (secondary N) is 1. The first kappa shape index (κ1) is 14.9. The second-order valence-electron chi connectivity index (χ2n) is 4.49. The van der Waals surface area contributed by atoms with Crippen molar-refractivity contribution < 1.29 is 4.74 Å². The first-order valence-corrected chi connectivity index (χ1v) is 6.05.